The Morgan fingerprint density at radius 3 is 1.58 bits per heavy atom. The standard InChI is InChI=1S/C40H24N4O/c1-3-12-27(13-4-1)38-42-39(28-14-5-2-6-15-28)44-40(43-38)29-21-19-26(20-22-29)36-37-35(31-17-9-10-18-33(31)45-37)34-30-16-8-7-11-25(30)23-24-32(34)41-36/h1-24H. The molecule has 6 aromatic carbocycles. The highest BCUT2D eigenvalue weighted by Crippen LogP contribution is 2.41. The molecule has 0 atom stereocenters. The maximum Gasteiger partial charge on any atom is 0.164 e. The number of fused-ring (bicyclic) bond motifs is 7. The molecule has 0 unspecified atom stereocenters. The lowest BCUT2D eigenvalue weighted by atomic mass is 9.98. The third-order valence-corrected chi connectivity index (χ3v) is 8.32. The molecule has 0 radical (unpaired) electrons. The monoisotopic (exact) mass is 576 g/mol. The summed E-state index contributed by atoms with van der Waals surface area (Å²) in [5.41, 5.74) is 7.10. The molecule has 0 bridgehead atoms. The first kappa shape index (κ1) is 25.3. The van der Waals surface area contributed by atoms with Gasteiger partial charge in [-0.3, -0.25) is 0 Å². The minimum Gasteiger partial charge on any atom is -0.454 e. The molecule has 210 valence electrons. The normalized spacial score (nSPS) is 11.6. The second kappa shape index (κ2) is 10.2. The Balaban J connectivity index is 1.22. The molecule has 0 spiro atoms. The fourth-order valence-electron chi connectivity index (χ4n) is 6.16. The zero-order valence-electron chi connectivity index (χ0n) is 24.1. The van der Waals surface area contributed by atoms with E-state index in [0.717, 1.165) is 60.8 Å². The topological polar surface area (TPSA) is 64.7 Å². The van der Waals surface area contributed by atoms with Crippen LogP contribution in [0.25, 0.3) is 89.0 Å². The zero-order valence-corrected chi connectivity index (χ0v) is 24.1. The van der Waals surface area contributed by atoms with Crippen molar-refractivity contribution >= 4 is 43.6 Å². The van der Waals surface area contributed by atoms with Gasteiger partial charge in [-0.25, -0.2) is 19.9 Å². The highest BCUT2D eigenvalue weighted by atomic mass is 16.3. The maximum atomic E-state index is 6.54. The number of nitrogens with zero attached hydrogens (tertiary/aromatic N) is 4. The molecule has 5 nitrogen and oxygen atoms in total. The second-order valence-electron chi connectivity index (χ2n) is 11.1. The van der Waals surface area contributed by atoms with Gasteiger partial charge in [0.2, 0.25) is 0 Å². The zero-order chi connectivity index (χ0) is 29.7. The van der Waals surface area contributed by atoms with Crippen LogP contribution in [0, 0.1) is 0 Å². The Kier molecular flexibility index (Phi) is 5.74. The smallest absolute Gasteiger partial charge is 0.164 e. The van der Waals surface area contributed by atoms with E-state index in [1.54, 1.807) is 0 Å². The van der Waals surface area contributed by atoms with Gasteiger partial charge in [-0.05, 0) is 22.9 Å². The highest BCUT2D eigenvalue weighted by molar-refractivity contribution is 6.27. The van der Waals surface area contributed by atoms with Crippen molar-refractivity contribution in [3.8, 4) is 45.4 Å². The van der Waals surface area contributed by atoms with E-state index in [4.69, 9.17) is 24.4 Å². The summed E-state index contributed by atoms with van der Waals surface area (Å²) in [5, 5.41) is 5.63. The molecule has 0 aliphatic heterocycles. The van der Waals surface area contributed by atoms with Crippen molar-refractivity contribution in [1.82, 2.24) is 19.9 Å². The van der Waals surface area contributed by atoms with Gasteiger partial charge < -0.3 is 4.42 Å². The second-order valence-corrected chi connectivity index (χ2v) is 11.1. The molecule has 0 fully saturated rings. The summed E-state index contributed by atoms with van der Waals surface area (Å²) >= 11 is 0. The van der Waals surface area contributed by atoms with Crippen LogP contribution >= 0.6 is 0 Å². The maximum absolute atomic E-state index is 6.54. The van der Waals surface area contributed by atoms with Crippen molar-refractivity contribution in [2.45, 2.75) is 0 Å². The molecule has 0 aliphatic rings. The number of para-hydroxylation sites is 1. The fraction of sp³-hybridized carbons (Fsp3) is 0. The summed E-state index contributed by atoms with van der Waals surface area (Å²) < 4.78 is 6.54. The molecular formula is C40H24N4O. The highest BCUT2D eigenvalue weighted by Gasteiger charge is 2.20. The Bertz CT molecular complexity index is 2460. The van der Waals surface area contributed by atoms with E-state index in [0.29, 0.717) is 17.5 Å². The molecule has 45 heavy (non-hydrogen) atoms. The van der Waals surface area contributed by atoms with Crippen LogP contribution in [-0.4, -0.2) is 19.9 Å². The van der Waals surface area contributed by atoms with Crippen LogP contribution in [0.1, 0.15) is 0 Å². The van der Waals surface area contributed by atoms with Crippen LogP contribution in [-0.2, 0) is 0 Å². The van der Waals surface area contributed by atoms with Crippen LogP contribution in [0.3, 0.4) is 0 Å². The minimum absolute atomic E-state index is 0.612. The summed E-state index contributed by atoms with van der Waals surface area (Å²) in [6.45, 7) is 0. The largest absolute Gasteiger partial charge is 0.454 e. The summed E-state index contributed by atoms with van der Waals surface area (Å²) in [7, 11) is 0. The number of aromatic nitrogens is 4. The number of hydrogen-bond acceptors (Lipinski definition) is 5. The van der Waals surface area contributed by atoms with E-state index in [1.165, 1.54) is 10.8 Å². The molecule has 0 amide bonds. The average Bonchev–Trinajstić information content (AvgIpc) is 3.51. The third-order valence-electron chi connectivity index (χ3n) is 8.32. The van der Waals surface area contributed by atoms with Crippen LogP contribution < -0.4 is 0 Å². The van der Waals surface area contributed by atoms with Crippen molar-refractivity contribution in [1.29, 1.82) is 0 Å². The van der Waals surface area contributed by atoms with Gasteiger partial charge in [0.1, 0.15) is 11.3 Å². The quantitative estimate of drug-likeness (QED) is 0.195. The van der Waals surface area contributed by atoms with E-state index in [2.05, 4.69) is 72.8 Å². The van der Waals surface area contributed by atoms with Crippen molar-refractivity contribution in [3.63, 3.8) is 0 Å². The predicted octanol–water partition coefficient (Wildman–Crippen LogP) is 10.1. The number of hydrogen-bond donors (Lipinski definition) is 0. The van der Waals surface area contributed by atoms with Gasteiger partial charge in [0.05, 0.1) is 5.52 Å². The summed E-state index contributed by atoms with van der Waals surface area (Å²) in [6, 6.07) is 49.2. The Morgan fingerprint density at radius 2 is 0.911 bits per heavy atom. The van der Waals surface area contributed by atoms with E-state index < -0.39 is 0 Å². The third kappa shape index (κ3) is 4.25. The van der Waals surface area contributed by atoms with E-state index in [-0.39, 0.29) is 0 Å². The van der Waals surface area contributed by atoms with Crippen molar-refractivity contribution < 1.29 is 4.42 Å². The van der Waals surface area contributed by atoms with Crippen LogP contribution in [0.15, 0.2) is 150 Å². The molecule has 9 rings (SSSR count). The van der Waals surface area contributed by atoms with Crippen LogP contribution in [0.4, 0.5) is 0 Å². The molecule has 0 saturated carbocycles. The fourth-order valence-corrected chi connectivity index (χ4v) is 6.16. The summed E-state index contributed by atoms with van der Waals surface area (Å²) in [6.07, 6.45) is 0. The summed E-state index contributed by atoms with van der Waals surface area (Å²) in [4.78, 5) is 19.8. The van der Waals surface area contributed by atoms with Crippen LogP contribution in [0.2, 0.25) is 0 Å². The number of rotatable bonds is 4. The van der Waals surface area contributed by atoms with Crippen molar-refractivity contribution in [3.05, 3.63) is 146 Å². The SMILES string of the molecule is c1ccc(-c2nc(-c3ccccc3)nc(-c3ccc(-c4nc5ccc6ccccc6c5c5c4oc4ccccc45)cc3)n2)cc1. The first-order valence-electron chi connectivity index (χ1n) is 14.9. The lowest BCUT2D eigenvalue weighted by Crippen LogP contribution is -2.00. The van der Waals surface area contributed by atoms with E-state index in [1.807, 2.05) is 72.8 Å². The van der Waals surface area contributed by atoms with Gasteiger partial charge in [-0.2, -0.15) is 0 Å². The molecular weight excluding hydrogens is 552 g/mol. The predicted molar refractivity (Wildman–Crippen MR) is 182 cm³/mol. The average molecular weight is 577 g/mol. The van der Waals surface area contributed by atoms with Gasteiger partial charge >= 0.3 is 0 Å². The lowest BCUT2D eigenvalue weighted by molar-refractivity contribution is 0.669. The summed E-state index contributed by atoms with van der Waals surface area (Å²) in [5.74, 6) is 1.88. The Labute approximate surface area is 258 Å². The van der Waals surface area contributed by atoms with Gasteiger partial charge in [-0.1, -0.05) is 133 Å². The van der Waals surface area contributed by atoms with Gasteiger partial charge in [0, 0.05) is 38.4 Å². The van der Waals surface area contributed by atoms with Crippen LogP contribution in [0.5, 0.6) is 0 Å². The van der Waals surface area contributed by atoms with Gasteiger partial charge in [0.25, 0.3) is 0 Å². The molecule has 9 aromatic rings. The lowest BCUT2D eigenvalue weighted by Gasteiger charge is -2.10. The molecule has 5 heteroatoms. The molecule has 0 aliphatic carbocycles. The first-order chi connectivity index (χ1) is 22.3. The van der Waals surface area contributed by atoms with Gasteiger partial charge in [0.15, 0.2) is 23.1 Å². The number of benzene rings is 6. The Morgan fingerprint density at radius 1 is 0.378 bits per heavy atom. The van der Waals surface area contributed by atoms with E-state index in [9.17, 15) is 0 Å². The molecule has 0 saturated heterocycles. The Hall–Kier alpha value is -6.20. The number of furan rings is 1. The number of pyridine rings is 1. The van der Waals surface area contributed by atoms with E-state index >= 15 is 0 Å². The van der Waals surface area contributed by atoms with Crippen molar-refractivity contribution in [2.24, 2.45) is 0 Å². The first-order valence-corrected chi connectivity index (χ1v) is 14.9. The van der Waals surface area contributed by atoms with Gasteiger partial charge in [-0.15, -0.1) is 0 Å². The van der Waals surface area contributed by atoms with Crippen molar-refractivity contribution in [2.75, 3.05) is 0 Å². The minimum atomic E-state index is 0.612. The molecule has 3 heterocycles. The molecule has 3 aromatic heterocycles. The molecule has 0 N–H and O–H groups in total.